The van der Waals surface area contributed by atoms with Crippen molar-refractivity contribution in [1.29, 1.82) is 5.26 Å². The maximum Gasteiger partial charge on any atom is 0.160 e. The highest BCUT2D eigenvalue weighted by Crippen LogP contribution is 2.17. The van der Waals surface area contributed by atoms with Crippen LogP contribution in [-0.2, 0) is 0 Å². The number of nitriles is 1. The van der Waals surface area contributed by atoms with Gasteiger partial charge in [-0.15, -0.1) is 10.2 Å². The average molecular weight is 264 g/mol. The first-order chi connectivity index (χ1) is 9.78. The maximum absolute atomic E-state index is 8.85. The molecule has 3 rings (SSSR count). The SMILES string of the molecule is CC(Nc1cccc(C#N)n1)c1nnc2ccccn12. The van der Waals surface area contributed by atoms with Crippen LogP contribution in [0.1, 0.15) is 24.5 Å². The fourth-order valence-corrected chi connectivity index (χ4v) is 2.02. The zero-order chi connectivity index (χ0) is 13.9. The number of nitrogens with one attached hydrogen (secondary N) is 1. The minimum atomic E-state index is -0.0751. The lowest BCUT2D eigenvalue weighted by Gasteiger charge is -2.12. The number of fused-ring (bicyclic) bond motifs is 1. The smallest absolute Gasteiger partial charge is 0.160 e. The molecule has 0 radical (unpaired) electrons. The molecule has 0 fully saturated rings. The van der Waals surface area contributed by atoms with Gasteiger partial charge in [0.1, 0.15) is 17.6 Å². The van der Waals surface area contributed by atoms with Crippen molar-refractivity contribution in [3.05, 3.63) is 54.1 Å². The van der Waals surface area contributed by atoms with E-state index in [-0.39, 0.29) is 6.04 Å². The van der Waals surface area contributed by atoms with Crippen LogP contribution in [0.15, 0.2) is 42.6 Å². The fourth-order valence-electron chi connectivity index (χ4n) is 2.02. The van der Waals surface area contributed by atoms with Gasteiger partial charge < -0.3 is 5.32 Å². The summed E-state index contributed by atoms with van der Waals surface area (Å²) >= 11 is 0. The molecule has 0 spiro atoms. The number of nitrogens with zero attached hydrogens (tertiary/aromatic N) is 5. The van der Waals surface area contributed by atoms with E-state index in [1.54, 1.807) is 12.1 Å². The predicted octanol–water partition coefficient (Wildman–Crippen LogP) is 2.17. The highest BCUT2D eigenvalue weighted by molar-refractivity contribution is 5.42. The van der Waals surface area contributed by atoms with Crippen LogP contribution in [0.5, 0.6) is 0 Å². The zero-order valence-corrected chi connectivity index (χ0v) is 10.9. The van der Waals surface area contributed by atoms with Crippen LogP contribution in [0.3, 0.4) is 0 Å². The molecule has 98 valence electrons. The standard InChI is InChI=1S/C14H12N6/c1-10(16-12-6-4-5-11(9-15)17-12)14-19-18-13-7-2-3-8-20(13)14/h2-8,10H,1H3,(H,16,17). The summed E-state index contributed by atoms with van der Waals surface area (Å²) in [6.07, 6.45) is 1.92. The van der Waals surface area contributed by atoms with Crippen LogP contribution in [0, 0.1) is 11.3 Å². The summed E-state index contributed by atoms with van der Waals surface area (Å²) in [5.41, 5.74) is 1.18. The van der Waals surface area contributed by atoms with Crippen molar-refractivity contribution in [2.75, 3.05) is 5.32 Å². The summed E-state index contributed by atoms with van der Waals surface area (Å²) in [6.45, 7) is 1.98. The van der Waals surface area contributed by atoms with Crippen molar-refractivity contribution in [2.24, 2.45) is 0 Å². The molecule has 0 aliphatic rings. The first kappa shape index (κ1) is 12.1. The molecular weight excluding hydrogens is 252 g/mol. The molecule has 6 heteroatoms. The summed E-state index contributed by atoms with van der Waals surface area (Å²) in [6, 6.07) is 13.0. The molecule has 1 N–H and O–H groups in total. The van der Waals surface area contributed by atoms with E-state index < -0.39 is 0 Å². The topological polar surface area (TPSA) is 78.9 Å². The van der Waals surface area contributed by atoms with Crippen molar-refractivity contribution >= 4 is 11.5 Å². The van der Waals surface area contributed by atoms with Crippen LogP contribution in [0.25, 0.3) is 5.65 Å². The number of rotatable bonds is 3. The third-order valence-electron chi connectivity index (χ3n) is 2.96. The molecule has 1 unspecified atom stereocenters. The molecule has 3 aromatic rings. The molecule has 0 aliphatic carbocycles. The Balaban J connectivity index is 1.89. The van der Waals surface area contributed by atoms with Gasteiger partial charge in [0.25, 0.3) is 0 Å². The Bertz CT molecular complexity index is 785. The molecule has 1 atom stereocenters. The lowest BCUT2D eigenvalue weighted by molar-refractivity contribution is 0.768. The Kier molecular flexibility index (Phi) is 3.01. The van der Waals surface area contributed by atoms with Crippen LogP contribution in [-0.4, -0.2) is 19.6 Å². The average Bonchev–Trinajstić information content (AvgIpc) is 2.91. The predicted molar refractivity (Wildman–Crippen MR) is 74.0 cm³/mol. The number of hydrogen-bond donors (Lipinski definition) is 1. The first-order valence-electron chi connectivity index (χ1n) is 6.21. The van der Waals surface area contributed by atoms with E-state index in [0.717, 1.165) is 11.5 Å². The third kappa shape index (κ3) is 2.17. The number of aromatic nitrogens is 4. The van der Waals surface area contributed by atoms with Crippen LogP contribution < -0.4 is 5.32 Å². The summed E-state index contributed by atoms with van der Waals surface area (Å²) in [5.74, 6) is 1.44. The molecule has 0 amide bonds. The van der Waals surface area contributed by atoms with Crippen molar-refractivity contribution in [1.82, 2.24) is 19.6 Å². The van der Waals surface area contributed by atoms with Gasteiger partial charge in [0, 0.05) is 6.20 Å². The van der Waals surface area contributed by atoms with Gasteiger partial charge in [-0.2, -0.15) is 5.26 Å². The Morgan fingerprint density at radius 2 is 2.10 bits per heavy atom. The normalized spacial score (nSPS) is 12.0. The van der Waals surface area contributed by atoms with Crippen molar-refractivity contribution < 1.29 is 0 Å². The summed E-state index contributed by atoms with van der Waals surface area (Å²) in [7, 11) is 0. The van der Waals surface area contributed by atoms with Gasteiger partial charge in [-0.05, 0) is 31.2 Å². The Hall–Kier alpha value is -2.94. The lowest BCUT2D eigenvalue weighted by Crippen LogP contribution is -2.11. The first-order valence-corrected chi connectivity index (χ1v) is 6.21. The zero-order valence-electron chi connectivity index (χ0n) is 10.9. The van der Waals surface area contributed by atoms with Gasteiger partial charge in [-0.25, -0.2) is 4.98 Å². The Morgan fingerprint density at radius 3 is 2.95 bits per heavy atom. The summed E-state index contributed by atoms with van der Waals surface area (Å²) < 4.78 is 1.92. The summed E-state index contributed by atoms with van der Waals surface area (Å²) in [5, 5.41) is 20.4. The second-order valence-electron chi connectivity index (χ2n) is 4.37. The highest BCUT2D eigenvalue weighted by Gasteiger charge is 2.13. The molecular formula is C14H12N6. The molecule has 20 heavy (non-hydrogen) atoms. The molecule has 0 aromatic carbocycles. The van der Waals surface area contributed by atoms with Crippen LogP contribution in [0.2, 0.25) is 0 Å². The van der Waals surface area contributed by atoms with Gasteiger partial charge in [0.05, 0.1) is 6.04 Å². The molecule has 3 heterocycles. The number of anilines is 1. The van der Waals surface area contributed by atoms with Crippen molar-refractivity contribution in [3.8, 4) is 6.07 Å². The van der Waals surface area contributed by atoms with Gasteiger partial charge in [0.2, 0.25) is 0 Å². The second kappa shape index (κ2) is 4.97. The van der Waals surface area contributed by atoms with Crippen LogP contribution in [0.4, 0.5) is 5.82 Å². The highest BCUT2D eigenvalue weighted by atomic mass is 15.3. The second-order valence-corrected chi connectivity index (χ2v) is 4.37. The molecule has 0 saturated heterocycles. The largest absolute Gasteiger partial charge is 0.360 e. The van der Waals surface area contributed by atoms with E-state index in [9.17, 15) is 0 Å². The molecule has 0 bridgehead atoms. The molecule has 3 aromatic heterocycles. The van der Waals surface area contributed by atoms with Crippen molar-refractivity contribution in [2.45, 2.75) is 13.0 Å². The lowest BCUT2D eigenvalue weighted by atomic mass is 10.3. The minimum Gasteiger partial charge on any atom is -0.360 e. The van der Waals surface area contributed by atoms with Gasteiger partial charge in [-0.1, -0.05) is 12.1 Å². The van der Waals surface area contributed by atoms with E-state index in [0.29, 0.717) is 11.5 Å². The Morgan fingerprint density at radius 1 is 1.20 bits per heavy atom. The van der Waals surface area contributed by atoms with Gasteiger partial charge in [-0.3, -0.25) is 4.40 Å². The van der Waals surface area contributed by atoms with E-state index in [1.807, 2.05) is 47.9 Å². The molecule has 0 saturated carbocycles. The number of pyridine rings is 2. The summed E-state index contributed by atoms with van der Waals surface area (Å²) in [4.78, 5) is 4.19. The third-order valence-corrected chi connectivity index (χ3v) is 2.96. The van der Waals surface area contributed by atoms with E-state index >= 15 is 0 Å². The van der Waals surface area contributed by atoms with Crippen molar-refractivity contribution in [3.63, 3.8) is 0 Å². The quantitative estimate of drug-likeness (QED) is 0.784. The molecule has 0 aliphatic heterocycles. The van der Waals surface area contributed by atoms with E-state index in [4.69, 9.17) is 5.26 Å². The number of hydrogen-bond acceptors (Lipinski definition) is 5. The van der Waals surface area contributed by atoms with Gasteiger partial charge in [0.15, 0.2) is 11.5 Å². The fraction of sp³-hybridized carbons (Fsp3) is 0.143. The monoisotopic (exact) mass is 264 g/mol. The minimum absolute atomic E-state index is 0.0751. The van der Waals surface area contributed by atoms with E-state index in [1.165, 1.54) is 0 Å². The van der Waals surface area contributed by atoms with Crippen LogP contribution >= 0.6 is 0 Å². The maximum atomic E-state index is 8.85. The Labute approximate surface area is 115 Å². The van der Waals surface area contributed by atoms with E-state index in [2.05, 4.69) is 20.5 Å². The van der Waals surface area contributed by atoms with Gasteiger partial charge >= 0.3 is 0 Å². The molecule has 6 nitrogen and oxygen atoms in total.